The first kappa shape index (κ1) is 27.1. The highest BCUT2D eigenvalue weighted by atomic mass is 127. The Morgan fingerprint density at radius 1 is 1.12 bits per heavy atom. The van der Waals surface area contributed by atoms with Crippen LogP contribution in [0.25, 0.3) is 0 Å². The number of carbonyl (C=O) groups is 1. The number of nitrogens with zero attached hydrogens (tertiary/aromatic N) is 2. The predicted octanol–water partition coefficient (Wildman–Crippen LogP) is 5.19. The summed E-state index contributed by atoms with van der Waals surface area (Å²) in [6, 6.07) is 7.97. The minimum atomic E-state index is 0. The summed E-state index contributed by atoms with van der Waals surface area (Å²) in [6.07, 6.45) is 7.21. The minimum Gasteiger partial charge on any atom is -0.361 e. The van der Waals surface area contributed by atoms with Crippen molar-refractivity contribution < 1.29 is 9.32 Å². The van der Waals surface area contributed by atoms with Crippen molar-refractivity contribution in [2.24, 2.45) is 10.9 Å². The molecule has 1 fully saturated rings. The van der Waals surface area contributed by atoms with Gasteiger partial charge in [0, 0.05) is 36.7 Å². The monoisotopic (exact) mass is 567 g/mol. The van der Waals surface area contributed by atoms with Crippen LogP contribution in [0.3, 0.4) is 0 Å². The van der Waals surface area contributed by atoms with Crippen molar-refractivity contribution in [3.05, 3.63) is 46.8 Å². The number of aromatic nitrogens is 1. The first-order chi connectivity index (χ1) is 15.6. The number of hydrogen-bond donors (Lipinski definition) is 3. The molecular formula is C25H38IN5O2. The lowest BCUT2D eigenvalue weighted by Crippen LogP contribution is -2.37. The number of nitrogens with one attached hydrogen (secondary N) is 3. The van der Waals surface area contributed by atoms with Crippen molar-refractivity contribution >= 4 is 41.5 Å². The van der Waals surface area contributed by atoms with Crippen LogP contribution < -0.4 is 16.0 Å². The van der Waals surface area contributed by atoms with Gasteiger partial charge in [-0.15, -0.1) is 24.0 Å². The average Bonchev–Trinajstić information content (AvgIpc) is 3.23. The van der Waals surface area contributed by atoms with Crippen molar-refractivity contribution in [1.82, 2.24) is 15.8 Å². The van der Waals surface area contributed by atoms with Gasteiger partial charge >= 0.3 is 0 Å². The summed E-state index contributed by atoms with van der Waals surface area (Å²) in [5.74, 6) is 1.96. The summed E-state index contributed by atoms with van der Waals surface area (Å²) in [7, 11) is 0. The molecule has 1 aliphatic carbocycles. The van der Waals surface area contributed by atoms with Crippen LogP contribution in [-0.4, -0.2) is 23.6 Å². The maximum Gasteiger partial charge on any atom is 0.227 e. The summed E-state index contributed by atoms with van der Waals surface area (Å²) >= 11 is 0. The number of aryl methyl sites for hydroxylation is 2. The van der Waals surface area contributed by atoms with E-state index in [1.807, 2.05) is 31.2 Å². The molecule has 8 heteroatoms. The van der Waals surface area contributed by atoms with E-state index in [1.54, 1.807) is 0 Å². The number of hydrogen-bond acceptors (Lipinski definition) is 4. The van der Waals surface area contributed by atoms with Gasteiger partial charge in [0.25, 0.3) is 0 Å². The van der Waals surface area contributed by atoms with E-state index in [1.165, 1.54) is 6.42 Å². The number of amides is 1. The van der Waals surface area contributed by atoms with Crippen molar-refractivity contribution in [2.75, 3.05) is 11.9 Å². The maximum absolute atomic E-state index is 12.6. The average molecular weight is 568 g/mol. The molecule has 1 aromatic carbocycles. The van der Waals surface area contributed by atoms with Gasteiger partial charge in [0.05, 0.1) is 12.2 Å². The third-order valence-electron chi connectivity index (χ3n) is 5.97. The molecule has 1 amide bonds. The van der Waals surface area contributed by atoms with Crippen LogP contribution in [0.4, 0.5) is 5.69 Å². The molecule has 0 atom stereocenters. The van der Waals surface area contributed by atoms with Crippen LogP contribution in [0.15, 0.2) is 33.8 Å². The molecule has 182 valence electrons. The molecule has 1 aromatic heterocycles. The molecule has 33 heavy (non-hydrogen) atoms. The summed E-state index contributed by atoms with van der Waals surface area (Å²) in [5.41, 5.74) is 4.01. The highest BCUT2D eigenvalue weighted by Gasteiger charge is 2.21. The molecule has 0 aliphatic heterocycles. The van der Waals surface area contributed by atoms with E-state index < -0.39 is 0 Å². The second-order valence-corrected chi connectivity index (χ2v) is 8.31. The highest BCUT2D eigenvalue weighted by Crippen LogP contribution is 2.25. The fraction of sp³-hybridized carbons (Fsp3) is 0.560. The molecule has 0 radical (unpaired) electrons. The Hall–Kier alpha value is -2.10. The lowest BCUT2D eigenvalue weighted by atomic mass is 9.88. The second kappa shape index (κ2) is 14.2. The Kier molecular flexibility index (Phi) is 11.7. The number of carbonyl (C=O) groups excluding carboxylic acids is 1. The van der Waals surface area contributed by atoms with Gasteiger partial charge in [0.15, 0.2) is 5.96 Å². The van der Waals surface area contributed by atoms with Crippen LogP contribution in [-0.2, 0) is 30.7 Å². The second-order valence-electron chi connectivity index (χ2n) is 8.31. The van der Waals surface area contributed by atoms with E-state index in [-0.39, 0.29) is 35.8 Å². The minimum absolute atomic E-state index is 0. The Labute approximate surface area is 214 Å². The Bertz CT molecular complexity index is 884. The van der Waals surface area contributed by atoms with Crippen LogP contribution in [0.2, 0.25) is 0 Å². The van der Waals surface area contributed by atoms with Gasteiger partial charge in [-0.3, -0.25) is 4.79 Å². The molecule has 3 rings (SSSR count). The van der Waals surface area contributed by atoms with Crippen LogP contribution in [0.5, 0.6) is 0 Å². The standard InChI is InChI=1S/C25H37N5O2.HI/c1-4-22-21(23(5-2)32-30-22)17-28-25(26-6-3)27-16-18-11-10-14-20(15-18)29-24(31)19-12-8-7-9-13-19;/h10-11,14-15,19H,4-9,12-13,16-17H2,1-3H3,(H,29,31)(H2,26,27,28);1H. The van der Waals surface area contributed by atoms with Gasteiger partial charge in [0.1, 0.15) is 5.76 Å². The van der Waals surface area contributed by atoms with Crippen molar-refractivity contribution in [1.29, 1.82) is 0 Å². The first-order valence-electron chi connectivity index (χ1n) is 12.0. The number of guanidine groups is 1. The van der Waals surface area contributed by atoms with E-state index in [2.05, 4.69) is 35.0 Å². The molecule has 2 aromatic rings. The van der Waals surface area contributed by atoms with E-state index in [9.17, 15) is 4.79 Å². The topological polar surface area (TPSA) is 91.5 Å². The van der Waals surface area contributed by atoms with E-state index in [0.717, 1.165) is 79.3 Å². The SMILES string of the molecule is CCNC(=NCc1cccc(NC(=O)C2CCCCC2)c1)NCc1c(CC)noc1CC.I. The largest absolute Gasteiger partial charge is 0.361 e. The quantitative estimate of drug-likeness (QED) is 0.220. The number of aliphatic imine (C=N–C) groups is 1. The fourth-order valence-corrected chi connectivity index (χ4v) is 4.18. The van der Waals surface area contributed by atoms with E-state index >= 15 is 0 Å². The Morgan fingerprint density at radius 2 is 1.91 bits per heavy atom. The van der Waals surface area contributed by atoms with E-state index in [0.29, 0.717) is 13.1 Å². The molecule has 1 heterocycles. The molecule has 3 N–H and O–H groups in total. The van der Waals surface area contributed by atoms with Crippen LogP contribution in [0.1, 0.15) is 75.5 Å². The van der Waals surface area contributed by atoms with Gasteiger partial charge in [0.2, 0.25) is 5.91 Å². The summed E-state index contributed by atoms with van der Waals surface area (Å²) in [4.78, 5) is 17.3. The fourth-order valence-electron chi connectivity index (χ4n) is 4.18. The van der Waals surface area contributed by atoms with Gasteiger partial charge in [-0.1, -0.05) is 50.4 Å². The normalized spacial score (nSPS) is 14.5. The lowest BCUT2D eigenvalue weighted by molar-refractivity contribution is -0.120. The molecule has 0 unspecified atom stereocenters. The summed E-state index contributed by atoms with van der Waals surface area (Å²) in [6.45, 7) is 8.12. The summed E-state index contributed by atoms with van der Waals surface area (Å²) in [5, 5.41) is 14.0. The molecule has 1 aliphatic rings. The smallest absolute Gasteiger partial charge is 0.227 e. The van der Waals surface area contributed by atoms with Crippen molar-refractivity contribution in [3.63, 3.8) is 0 Å². The zero-order valence-electron chi connectivity index (χ0n) is 20.1. The van der Waals surface area contributed by atoms with Gasteiger partial charge in [-0.2, -0.15) is 0 Å². The molecule has 0 bridgehead atoms. The van der Waals surface area contributed by atoms with E-state index in [4.69, 9.17) is 9.52 Å². The van der Waals surface area contributed by atoms with Crippen LogP contribution >= 0.6 is 24.0 Å². The molecule has 7 nitrogen and oxygen atoms in total. The number of rotatable bonds is 9. The molecular weight excluding hydrogens is 529 g/mol. The Balaban J connectivity index is 0.00000385. The van der Waals surface area contributed by atoms with Crippen molar-refractivity contribution in [2.45, 2.75) is 78.8 Å². The maximum atomic E-state index is 12.6. The van der Waals surface area contributed by atoms with Gasteiger partial charge in [-0.05, 0) is 43.9 Å². The first-order valence-corrected chi connectivity index (χ1v) is 12.0. The van der Waals surface area contributed by atoms with Gasteiger partial charge < -0.3 is 20.5 Å². The third kappa shape index (κ3) is 8.01. The zero-order valence-corrected chi connectivity index (χ0v) is 22.4. The number of anilines is 1. The number of benzene rings is 1. The van der Waals surface area contributed by atoms with Gasteiger partial charge in [-0.25, -0.2) is 4.99 Å². The number of halogens is 1. The van der Waals surface area contributed by atoms with Crippen molar-refractivity contribution in [3.8, 4) is 0 Å². The molecule has 0 spiro atoms. The molecule has 1 saturated carbocycles. The highest BCUT2D eigenvalue weighted by molar-refractivity contribution is 14.0. The Morgan fingerprint density at radius 3 is 2.61 bits per heavy atom. The third-order valence-corrected chi connectivity index (χ3v) is 5.97. The zero-order chi connectivity index (χ0) is 22.8. The summed E-state index contributed by atoms with van der Waals surface area (Å²) < 4.78 is 5.46. The lowest BCUT2D eigenvalue weighted by Gasteiger charge is -2.20. The molecule has 0 saturated heterocycles. The van der Waals surface area contributed by atoms with Crippen LogP contribution in [0, 0.1) is 5.92 Å². The predicted molar refractivity (Wildman–Crippen MR) is 144 cm³/mol.